The molecule has 1 aliphatic rings. The molecule has 1 amide bonds. The molecule has 3 rings (SSSR count). The summed E-state index contributed by atoms with van der Waals surface area (Å²) in [5.41, 5.74) is 1.98. The lowest BCUT2D eigenvalue weighted by Crippen LogP contribution is -2.50. The molecule has 0 saturated carbocycles. The molecule has 9 heteroatoms. The van der Waals surface area contributed by atoms with Crippen molar-refractivity contribution in [3.05, 3.63) is 33.3 Å². The van der Waals surface area contributed by atoms with Crippen LogP contribution in [0.5, 0.6) is 0 Å². The van der Waals surface area contributed by atoms with Gasteiger partial charge in [-0.25, -0.2) is 8.42 Å². The Bertz CT molecular complexity index is 938. The van der Waals surface area contributed by atoms with E-state index in [-0.39, 0.29) is 5.91 Å². The molecule has 0 spiro atoms. The Morgan fingerprint density at radius 2 is 1.78 bits per heavy atom. The second kappa shape index (κ2) is 7.73. The van der Waals surface area contributed by atoms with Gasteiger partial charge in [-0.15, -0.1) is 11.3 Å². The van der Waals surface area contributed by atoms with Gasteiger partial charge in [0.15, 0.2) is 0 Å². The predicted molar refractivity (Wildman–Crippen MR) is 105 cm³/mol. The van der Waals surface area contributed by atoms with E-state index in [1.165, 1.54) is 15.6 Å². The average Bonchev–Trinajstić information content (AvgIpc) is 3.13. The van der Waals surface area contributed by atoms with Crippen molar-refractivity contribution < 1.29 is 13.2 Å². The Labute approximate surface area is 164 Å². The van der Waals surface area contributed by atoms with E-state index < -0.39 is 10.0 Å². The van der Waals surface area contributed by atoms with Gasteiger partial charge >= 0.3 is 0 Å². The van der Waals surface area contributed by atoms with E-state index in [4.69, 9.17) is 0 Å². The van der Waals surface area contributed by atoms with E-state index >= 15 is 0 Å². The first-order valence-electron chi connectivity index (χ1n) is 9.04. The van der Waals surface area contributed by atoms with Crippen LogP contribution in [0.4, 0.5) is 0 Å². The molecule has 2 aromatic rings. The highest BCUT2D eigenvalue weighted by atomic mass is 32.2. The Morgan fingerprint density at radius 3 is 2.30 bits per heavy atom. The molecule has 2 aromatic heterocycles. The lowest BCUT2D eigenvalue weighted by molar-refractivity contribution is -0.132. The van der Waals surface area contributed by atoms with Crippen molar-refractivity contribution in [3.8, 4) is 0 Å². The molecular formula is C18H26N4O3S2. The fourth-order valence-electron chi connectivity index (χ4n) is 3.44. The summed E-state index contributed by atoms with van der Waals surface area (Å²) in [6, 6.07) is 3.73. The third-order valence-corrected chi connectivity index (χ3v) is 7.97. The zero-order valence-electron chi connectivity index (χ0n) is 16.2. The molecule has 0 aliphatic carbocycles. The van der Waals surface area contributed by atoms with Crippen LogP contribution in [-0.4, -0.2) is 59.5 Å². The maximum absolute atomic E-state index is 12.9. The first-order valence-corrected chi connectivity index (χ1v) is 11.3. The van der Waals surface area contributed by atoms with E-state index in [0.29, 0.717) is 44.0 Å². The summed E-state index contributed by atoms with van der Waals surface area (Å²) >= 11 is 1.49. The molecule has 0 aromatic carbocycles. The highest BCUT2D eigenvalue weighted by Crippen LogP contribution is 2.28. The number of aryl methyl sites for hydroxylation is 5. The molecule has 148 valence electrons. The van der Waals surface area contributed by atoms with Gasteiger partial charge in [0.05, 0.1) is 10.6 Å². The van der Waals surface area contributed by atoms with Gasteiger partial charge in [-0.05, 0) is 39.8 Å². The van der Waals surface area contributed by atoms with Crippen LogP contribution in [0.25, 0.3) is 0 Å². The van der Waals surface area contributed by atoms with Crippen molar-refractivity contribution >= 4 is 27.3 Å². The molecule has 0 bridgehead atoms. The van der Waals surface area contributed by atoms with Gasteiger partial charge in [0.1, 0.15) is 0 Å². The first-order chi connectivity index (χ1) is 12.7. The standard InChI is InChI=1S/C18H26N4O3S2/c1-13-11-14(2)22(19-13)6-5-18(23)20-7-9-21(10-8-20)27(24,25)17-12-15(3)26-16(17)4/h11-12H,5-10H2,1-4H3. The molecule has 27 heavy (non-hydrogen) atoms. The van der Waals surface area contributed by atoms with Gasteiger partial charge in [0.2, 0.25) is 15.9 Å². The van der Waals surface area contributed by atoms with E-state index in [0.717, 1.165) is 21.1 Å². The fourth-order valence-corrected chi connectivity index (χ4v) is 6.39. The fraction of sp³-hybridized carbons (Fsp3) is 0.556. The highest BCUT2D eigenvalue weighted by molar-refractivity contribution is 7.89. The predicted octanol–water partition coefficient (Wildman–Crippen LogP) is 2.10. The maximum Gasteiger partial charge on any atom is 0.244 e. The minimum atomic E-state index is -3.49. The molecule has 1 fully saturated rings. The number of carbonyl (C=O) groups excluding carboxylic acids is 1. The molecule has 7 nitrogen and oxygen atoms in total. The number of sulfonamides is 1. The van der Waals surface area contributed by atoms with Crippen molar-refractivity contribution in [1.82, 2.24) is 19.0 Å². The Kier molecular flexibility index (Phi) is 5.73. The highest BCUT2D eigenvalue weighted by Gasteiger charge is 2.31. The van der Waals surface area contributed by atoms with Crippen LogP contribution in [-0.2, 0) is 21.4 Å². The molecule has 3 heterocycles. The number of hydrogen-bond acceptors (Lipinski definition) is 5. The van der Waals surface area contributed by atoms with Crippen molar-refractivity contribution in [1.29, 1.82) is 0 Å². The number of thiophene rings is 1. The molecule has 1 aliphatic heterocycles. The smallest absolute Gasteiger partial charge is 0.244 e. The lowest BCUT2D eigenvalue weighted by Gasteiger charge is -2.34. The van der Waals surface area contributed by atoms with Crippen LogP contribution in [0.3, 0.4) is 0 Å². The summed E-state index contributed by atoms with van der Waals surface area (Å²) in [5.74, 6) is 0.0437. The Hall–Kier alpha value is -1.71. The summed E-state index contributed by atoms with van der Waals surface area (Å²) in [6.45, 7) is 9.73. The molecule has 0 N–H and O–H groups in total. The molecule has 1 saturated heterocycles. The SMILES string of the molecule is Cc1cc(C)n(CCC(=O)N2CCN(S(=O)(=O)c3cc(C)sc3C)CC2)n1. The van der Waals surface area contributed by atoms with Gasteiger partial charge in [-0.1, -0.05) is 0 Å². The quantitative estimate of drug-likeness (QED) is 0.756. The number of aromatic nitrogens is 2. The first kappa shape index (κ1) is 20.0. The van der Waals surface area contributed by atoms with Crippen molar-refractivity contribution in [2.45, 2.75) is 45.6 Å². The lowest BCUT2D eigenvalue weighted by atomic mass is 10.3. The number of piperazine rings is 1. The maximum atomic E-state index is 12.9. The molecular weight excluding hydrogens is 384 g/mol. The van der Waals surface area contributed by atoms with Gasteiger partial charge < -0.3 is 4.90 Å². The van der Waals surface area contributed by atoms with Crippen LogP contribution >= 0.6 is 11.3 Å². The minimum absolute atomic E-state index is 0.0437. The second-order valence-electron chi connectivity index (χ2n) is 6.96. The monoisotopic (exact) mass is 410 g/mol. The van der Waals surface area contributed by atoms with Gasteiger partial charge in [0, 0.05) is 54.6 Å². The summed E-state index contributed by atoms with van der Waals surface area (Å²) in [7, 11) is -3.49. The Balaban J connectivity index is 1.57. The second-order valence-corrected chi connectivity index (χ2v) is 10.3. The van der Waals surface area contributed by atoms with Crippen LogP contribution in [0, 0.1) is 27.7 Å². The summed E-state index contributed by atoms with van der Waals surface area (Å²) in [5, 5.41) is 4.37. The molecule has 0 atom stereocenters. The van der Waals surface area contributed by atoms with Crippen LogP contribution in [0.2, 0.25) is 0 Å². The molecule has 0 radical (unpaired) electrons. The number of hydrogen-bond donors (Lipinski definition) is 0. The van der Waals surface area contributed by atoms with Gasteiger partial charge in [-0.3, -0.25) is 9.48 Å². The number of rotatable bonds is 5. The third-order valence-electron chi connectivity index (χ3n) is 4.85. The zero-order chi connectivity index (χ0) is 19.8. The number of nitrogens with zero attached hydrogens (tertiary/aromatic N) is 4. The van der Waals surface area contributed by atoms with Gasteiger partial charge in [0.25, 0.3) is 0 Å². The average molecular weight is 411 g/mol. The minimum Gasteiger partial charge on any atom is -0.340 e. The number of amides is 1. The molecule has 0 unspecified atom stereocenters. The van der Waals surface area contributed by atoms with E-state index in [1.807, 2.05) is 38.4 Å². The van der Waals surface area contributed by atoms with Crippen LogP contribution < -0.4 is 0 Å². The van der Waals surface area contributed by atoms with Crippen molar-refractivity contribution in [2.75, 3.05) is 26.2 Å². The van der Waals surface area contributed by atoms with Crippen molar-refractivity contribution in [3.63, 3.8) is 0 Å². The summed E-state index contributed by atoms with van der Waals surface area (Å²) < 4.78 is 29.1. The van der Waals surface area contributed by atoms with E-state index in [9.17, 15) is 13.2 Å². The topological polar surface area (TPSA) is 75.5 Å². The normalized spacial score (nSPS) is 16.1. The largest absolute Gasteiger partial charge is 0.340 e. The van der Waals surface area contributed by atoms with Crippen molar-refractivity contribution in [2.24, 2.45) is 0 Å². The van der Waals surface area contributed by atoms with E-state index in [1.54, 1.807) is 11.0 Å². The van der Waals surface area contributed by atoms with Gasteiger partial charge in [-0.2, -0.15) is 9.40 Å². The van der Waals surface area contributed by atoms with Crippen LogP contribution in [0.15, 0.2) is 17.0 Å². The van der Waals surface area contributed by atoms with Crippen LogP contribution in [0.1, 0.15) is 27.6 Å². The zero-order valence-corrected chi connectivity index (χ0v) is 17.9. The Morgan fingerprint density at radius 1 is 1.11 bits per heavy atom. The number of carbonyl (C=O) groups is 1. The third kappa shape index (κ3) is 4.25. The summed E-state index contributed by atoms with van der Waals surface area (Å²) in [4.78, 5) is 16.4. The summed E-state index contributed by atoms with van der Waals surface area (Å²) in [6.07, 6.45) is 0.373. The van der Waals surface area contributed by atoms with E-state index in [2.05, 4.69) is 5.10 Å².